The number of imidazole rings is 1. The molecule has 3 rings (SSSR count). The van der Waals surface area contributed by atoms with Gasteiger partial charge in [0, 0.05) is 32.6 Å². The molecule has 1 aromatic carbocycles. The van der Waals surface area contributed by atoms with Crippen molar-refractivity contribution < 1.29 is 14.3 Å². The van der Waals surface area contributed by atoms with Crippen LogP contribution in [0.3, 0.4) is 0 Å². The molecule has 2 N–H and O–H groups in total. The van der Waals surface area contributed by atoms with Gasteiger partial charge in [0.05, 0.1) is 13.2 Å². The smallest absolute Gasteiger partial charge is 0.315 e. The zero-order valence-electron chi connectivity index (χ0n) is 14.6. The third-order valence-corrected chi connectivity index (χ3v) is 4.36. The van der Waals surface area contributed by atoms with Crippen LogP contribution in [0.1, 0.15) is 30.3 Å². The second-order valence-corrected chi connectivity index (χ2v) is 6.09. The number of ether oxygens (including phenoxy) is 2. The molecule has 0 bridgehead atoms. The molecule has 1 aliphatic rings. The minimum atomic E-state index is -0.351. The number of methoxy groups -OCH3 is 1. The number of nitrogens with one attached hydrogen (secondary N) is 2. The molecule has 0 radical (unpaired) electrons. The highest BCUT2D eigenvalue weighted by atomic mass is 16.5. The summed E-state index contributed by atoms with van der Waals surface area (Å²) in [7, 11) is 3.53. The Bertz CT molecular complexity index is 693. The molecule has 134 valence electrons. The van der Waals surface area contributed by atoms with Gasteiger partial charge in [-0.25, -0.2) is 9.78 Å². The van der Waals surface area contributed by atoms with Gasteiger partial charge < -0.3 is 24.7 Å². The van der Waals surface area contributed by atoms with E-state index in [1.165, 1.54) is 0 Å². The quantitative estimate of drug-likeness (QED) is 0.840. The average molecular weight is 344 g/mol. The van der Waals surface area contributed by atoms with Gasteiger partial charge in [0.2, 0.25) is 0 Å². The number of hydrogen-bond donors (Lipinski definition) is 2. The molecule has 1 aromatic heterocycles. The van der Waals surface area contributed by atoms with Crippen molar-refractivity contribution in [1.29, 1.82) is 0 Å². The van der Waals surface area contributed by atoms with Crippen molar-refractivity contribution in [3.05, 3.63) is 48.0 Å². The standard InChI is InChI=1S/C18H24N4O3/c1-22-10-9-19-17(22)16(13-5-7-14(24-2)8-6-13)21-18(23)20-12-15-4-3-11-25-15/h5-10,15-16H,3-4,11-12H2,1-2H3,(H2,20,21,23)/t15-,16-/m1/s1. The molecule has 0 aliphatic carbocycles. The largest absolute Gasteiger partial charge is 0.497 e. The molecule has 0 unspecified atom stereocenters. The Morgan fingerprint density at radius 1 is 1.44 bits per heavy atom. The van der Waals surface area contributed by atoms with E-state index >= 15 is 0 Å². The van der Waals surface area contributed by atoms with E-state index in [2.05, 4.69) is 15.6 Å². The van der Waals surface area contributed by atoms with Gasteiger partial charge in [-0.1, -0.05) is 12.1 Å². The molecule has 2 aromatic rings. The lowest BCUT2D eigenvalue weighted by atomic mass is 10.1. The van der Waals surface area contributed by atoms with Gasteiger partial charge in [-0.05, 0) is 30.5 Å². The predicted molar refractivity (Wildman–Crippen MR) is 93.6 cm³/mol. The first kappa shape index (κ1) is 17.3. The van der Waals surface area contributed by atoms with E-state index in [0.717, 1.165) is 36.6 Å². The Balaban J connectivity index is 1.71. The number of nitrogens with zero attached hydrogens (tertiary/aromatic N) is 2. The predicted octanol–water partition coefficient (Wildman–Crippen LogP) is 2.00. The van der Waals surface area contributed by atoms with E-state index in [-0.39, 0.29) is 18.2 Å². The molecule has 7 nitrogen and oxygen atoms in total. The number of carbonyl (C=O) groups is 1. The molecule has 1 saturated heterocycles. The lowest BCUT2D eigenvalue weighted by Crippen LogP contribution is -2.42. The summed E-state index contributed by atoms with van der Waals surface area (Å²) in [5, 5.41) is 5.90. The number of rotatable bonds is 6. The van der Waals surface area contributed by atoms with Crippen molar-refractivity contribution in [2.45, 2.75) is 25.0 Å². The SMILES string of the molecule is COc1ccc([C@@H](NC(=O)NC[C@H]2CCCO2)c2nccn2C)cc1. The highest BCUT2D eigenvalue weighted by molar-refractivity contribution is 5.74. The fourth-order valence-electron chi connectivity index (χ4n) is 2.94. The maximum Gasteiger partial charge on any atom is 0.315 e. The van der Waals surface area contributed by atoms with Gasteiger partial charge in [0.25, 0.3) is 0 Å². The Morgan fingerprint density at radius 2 is 2.24 bits per heavy atom. The first-order valence-electron chi connectivity index (χ1n) is 8.44. The third kappa shape index (κ3) is 4.30. The fourth-order valence-corrected chi connectivity index (χ4v) is 2.94. The van der Waals surface area contributed by atoms with E-state index in [9.17, 15) is 4.79 Å². The molecular formula is C18H24N4O3. The number of urea groups is 1. The number of hydrogen-bond acceptors (Lipinski definition) is 4. The lowest BCUT2D eigenvalue weighted by molar-refractivity contribution is 0.111. The second kappa shape index (κ2) is 8.02. The van der Waals surface area contributed by atoms with Crippen LogP contribution < -0.4 is 15.4 Å². The van der Waals surface area contributed by atoms with Crippen LogP contribution in [0.15, 0.2) is 36.7 Å². The average Bonchev–Trinajstić information content (AvgIpc) is 3.30. The van der Waals surface area contributed by atoms with Crippen molar-refractivity contribution in [1.82, 2.24) is 20.2 Å². The molecule has 25 heavy (non-hydrogen) atoms. The summed E-state index contributed by atoms with van der Waals surface area (Å²) in [4.78, 5) is 16.8. The van der Waals surface area contributed by atoms with Crippen molar-refractivity contribution >= 4 is 6.03 Å². The highest BCUT2D eigenvalue weighted by Crippen LogP contribution is 2.23. The van der Waals surface area contributed by atoms with Gasteiger partial charge >= 0.3 is 6.03 Å². The summed E-state index contributed by atoms with van der Waals surface area (Å²) >= 11 is 0. The maximum absolute atomic E-state index is 12.4. The Hall–Kier alpha value is -2.54. The van der Waals surface area contributed by atoms with Gasteiger partial charge in [-0.3, -0.25) is 0 Å². The molecule has 2 atom stereocenters. The molecule has 7 heteroatoms. The first-order chi connectivity index (χ1) is 12.2. The Labute approximate surface area is 147 Å². The highest BCUT2D eigenvalue weighted by Gasteiger charge is 2.22. The monoisotopic (exact) mass is 344 g/mol. The number of aryl methyl sites for hydroxylation is 1. The summed E-state index contributed by atoms with van der Waals surface area (Å²) < 4.78 is 12.6. The van der Waals surface area contributed by atoms with Crippen LogP contribution >= 0.6 is 0 Å². The van der Waals surface area contributed by atoms with E-state index in [1.807, 2.05) is 42.1 Å². The number of amides is 2. The normalized spacial score (nSPS) is 17.9. The van der Waals surface area contributed by atoms with Crippen molar-refractivity contribution in [3.8, 4) is 5.75 Å². The Kier molecular flexibility index (Phi) is 5.55. The van der Waals surface area contributed by atoms with Gasteiger partial charge in [0.1, 0.15) is 17.6 Å². The van der Waals surface area contributed by atoms with Gasteiger partial charge in [-0.2, -0.15) is 0 Å². The summed E-state index contributed by atoms with van der Waals surface area (Å²) in [5.74, 6) is 1.53. The van der Waals surface area contributed by atoms with Crippen LogP contribution in [0, 0.1) is 0 Å². The van der Waals surface area contributed by atoms with Crippen LogP contribution in [-0.4, -0.2) is 41.9 Å². The summed E-state index contributed by atoms with van der Waals surface area (Å²) in [6, 6.07) is 7.01. The minimum Gasteiger partial charge on any atom is -0.497 e. The second-order valence-electron chi connectivity index (χ2n) is 6.09. The number of carbonyl (C=O) groups excluding carboxylic acids is 1. The topological polar surface area (TPSA) is 77.4 Å². The van der Waals surface area contributed by atoms with Gasteiger partial charge in [0.15, 0.2) is 0 Å². The lowest BCUT2D eigenvalue weighted by Gasteiger charge is -2.20. The van der Waals surface area contributed by atoms with E-state index in [4.69, 9.17) is 9.47 Å². The van der Waals surface area contributed by atoms with Crippen molar-refractivity contribution in [3.63, 3.8) is 0 Å². The zero-order valence-corrected chi connectivity index (χ0v) is 14.6. The van der Waals surface area contributed by atoms with E-state index in [0.29, 0.717) is 6.54 Å². The molecule has 1 aliphatic heterocycles. The Morgan fingerprint density at radius 3 is 2.84 bits per heavy atom. The molecule has 0 saturated carbocycles. The molecule has 1 fully saturated rings. The van der Waals surface area contributed by atoms with E-state index < -0.39 is 0 Å². The summed E-state index contributed by atoms with van der Waals surface area (Å²) in [6.45, 7) is 1.29. The van der Waals surface area contributed by atoms with Crippen molar-refractivity contribution in [2.24, 2.45) is 7.05 Å². The summed E-state index contributed by atoms with van der Waals surface area (Å²) in [6.07, 6.45) is 5.73. The van der Waals surface area contributed by atoms with Gasteiger partial charge in [-0.15, -0.1) is 0 Å². The van der Waals surface area contributed by atoms with Crippen LogP contribution in [0.4, 0.5) is 4.79 Å². The molecular weight excluding hydrogens is 320 g/mol. The number of aromatic nitrogens is 2. The van der Waals surface area contributed by atoms with E-state index in [1.54, 1.807) is 13.3 Å². The van der Waals surface area contributed by atoms with Crippen LogP contribution in [0.25, 0.3) is 0 Å². The van der Waals surface area contributed by atoms with Crippen LogP contribution in [0.5, 0.6) is 5.75 Å². The minimum absolute atomic E-state index is 0.110. The maximum atomic E-state index is 12.4. The third-order valence-electron chi connectivity index (χ3n) is 4.36. The summed E-state index contributed by atoms with van der Waals surface area (Å²) in [5.41, 5.74) is 0.933. The molecule has 0 spiro atoms. The molecule has 2 heterocycles. The van der Waals surface area contributed by atoms with Crippen molar-refractivity contribution in [2.75, 3.05) is 20.3 Å². The zero-order chi connectivity index (χ0) is 17.6. The fraction of sp³-hybridized carbons (Fsp3) is 0.444. The number of benzene rings is 1. The van der Waals surface area contributed by atoms with Crippen LogP contribution in [0.2, 0.25) is 0 Å². The van der Waals surface area contributed by atoms with Crippen LogP contribution in [-0.2, 0) is 11.8 Å². The molecule has 2 amide bonds. The first-order valence-corrected chi connectivity index (χ1v) is 8.44.